The van der Waals surface area contributed by atoms with Crippen LogP contribution in [0.4, 0.5) is 0 Å². The molecule has 1 amide bonds. The van der Waals surface area contributed by atoms with Crippen molar-refractivity contribution < 1.29 is 53.1 Å². The van der Waals surface area contributed by atoms with Gasteiger partial charge in [0.1, 0.15) is 35.9 Å². The smallest absolute Gasteiger partial charge is 0.329 e. The fourth-order valence-electron chi connectivity index (χ4n) is 10.5. The molecule has 4 aliphatic rings. The first-order valence-electron chi connectivity index (χ1n) is 24.0. The van der Waals surface area contributed by atoms with Gasteiger partial charge in [-0.15, -0.1) is 0 Å². The zero-order valence-electron chi connectivity index (χ0n) is 40.0. The van der Waals surface area contributed by atoms with Gasteiger partial charge >= 0.3 is 5.97 Å². The minimum atomic E-state index is -2.48. The number of aliphatic hydroxyl groups is 2. The number of nitrogens with zero attached hydrogens (tertiary/aromatic N) is 1. The molecule has 2 saturated heterocycles. The van der Waals surface area contributed by atoms with E-state index < -0.39 is 65.9 Å². The number of carbonyl (C=O) groups is 4. The number of rotatable bonds is 10. The Morgan fingerprint density at radius 2 is 1.67 bits per heavy atom. The molecule has 3 N–H and O–H groups in total. The van der Waals surface area contributed by atoms with Crippen molar-refractivity contribution in [2.45, 2.75) is 180 Å². The molecule has 13 nitrogen and oxygen atoms in total. The number of allylic oxidation sites excluding steroid dienone is 3. The van der Waals surface area contributed by atoms with Crippen molar-refractivity contribution in [2.75, 3.05) is 27.3 Å². The molecule has 358 valence electrons. The van der Waals surface area contributed by atoms with Crippen molar-refractivity contribution >= 4 is 23.4 Å². The number of hydrogen-bond acceptors (Lipinski definition) is 12. The highest BCUT2D eigenvalue weighted by Crippen LogP contribution is 2.39. The molecule has 13 heteroatoms. The topological polar surface area (TPSA) is 170 Å². The van der Waals surface area contributed by atoms with Gasteiger partial charge in [-0.2, -0.15) is 0 Å². The van der Waals surface area contributed by atoms with Crippen LogP contribution in [0, 0.1) is 29.6 Å². The third kappa shape index (κ3) is 13.1. The van der Waals surface area contributed by atoms with Gasteiger partial charge in [-0.25, -0.2) is 4.79 Å². The maximum atomic E-state index is 14.5. The number of carbonyl (C=O) groups excluding carboxylic acids is 4. The summed E-state index contributed by atoms with van der Waals surface area (Å²) in [7, 11) is 3.11. The number of nitrogens with one attached hydrogen (secondary N) is 1. The van der Waals surface area contributed by atoms with E-state index in [1.54, 1.807) is 28.1 Å². The van der Waals surface area contributed by atoms with Gasteiger partial charge in [0.25, 0.3) is 11.7 Å². The first-order valence-corrected chi connectivity index (χ1v) is 24.0. The molecule has 0 spiro atoms. The molecule has 3 heterocycles. The quantitative estimate of drug-likeness (QED) is 0.126. The molecule has 3 aliphatic heterocycles. The SMILES string of the molecule is CCC1/C=C(\C)CC(C)CC(OC)C2OC(O)(C(=O)C(=O)N3CCCCC3C(=O)OC(C(C)=CC3CCC(NC[C@H](C)O)C(Oc4ccccc4)C3)C(C)CCC1=O)C(C)CC2OC. The van der Waals surface area contributed by atoms with Crippen LogP contribution in [0.2, 0.25) is 0 Å². The number of methoxy groups -OCH3 is 2. The van der Waals surface area contributed by atoms with Crippen molar-refractivity contribution in [3.63, 3.8) is 0 Å². The molecule has 0 radical (unpaired) electrons. The van der Waals surface area contributed by atoms with Crippen LogP contribution in [0.1, 0.15) is 126 Å². The summed E-state index contributed by atoms with van der Waals surface area (Å²) in [6.45, 7) is 14.1. The zero-order valence-corrected chi connectivity index (χ0v) is 40.0. The van der Waals surface area contributed by atoms with Crippen molar-refractivity contribution in [2.24, 2.45) is 29.6 Å². The summed E-state index contributed by atoms with van der Waals surface area (Å²) in [5, 5.41) is 25.7. The number of esters is 1. The van der Waals surface area contributed by atoms with E-state index in [0.29, 0.717) is 64.3 Å². The molecule has 3 fully saturated rings. The predicted octanol–water partition coefficient (Wildman–Crippen LogP) is 6.91. The molecule has 5 rings (SSSR count). The van der Waals surface area contributed by atoms with E-state index in [9.17, 15) is 29.4 Å². The second-order valence-corrected chi connectivity index (χ2v) is 19.5. The summed E-state index contributed by atoms with van der Waals surface area (Å²) >= 11 is 0. The van der Waals surface area contributed by atoms with Crippen LogP contribution in [0.15, 0.2) is 53.6 Å². The third-order valence-electron chi connectivity index (χ3n) is 14.2. The fraction of sp³-hybridized carbons (Fsp3) is 0.725. The summed E-state index contributed by atoms with van der Waals surface area (Å²) < 4.78 is 31.2. The Morgan fingerprint density at radius 3 is 2.34 bits per heavy atom. The fourth-order valence-corrected chi connectivity index (χ4v) is 10.5. The van der Waals surface area contributed by atoms with Crippen LogP contribution in [0.25, 0.3) is 0 Å². The summed E-state index contributed by atoms with van der Waals surface area (Å²) in [6, 6.07) is 8.66. The van der Waals surface area contributed by atoms with Gasteiger partial charge in [-0.3, -0.25) is 14.4 Å². The lowest BCUT2D eigenvalue weighted by atomic mass is 9.81. The molecule has 13 unspecified atom stereocenters. The van der Waals surface area contributed by atoms with E-state index in [-0.39, 0.29) is 54.6 Å². The van der Waals surface area contributed by atoms with Crippen molar-refractivity contribution in [1.29, 1.82) is 0 Å². The minimum absolute atomic E-state index is 0.0235. The lowest BCUT2D eigenvalue weighted by Gasteiger charge is -2.47. The Bertz CT molecular complexity index is 1770. The van der Waals surface area contributed by atoms with E-state index in [1.807, 2.05) is 58.0 Å². The van der Waals surface area contributed by atoms with Crippen molar-refractivity contribution in [1.82, 2.24) is 10.2 Å². The summed E-state index contributed by atoms with van der Waals surface area (Å²) in [5.41, 5.74) is 1.92. The number of amides is 1. The highest BCUT2D eigenvalue weighted by atomic mass is 16.7. The number of ketones is 2. The van der Waals surface area contributed by atoms with Crippen molar-refractivity contribution in [3.8, 4) is 5.75 Å². The van der Waals surface area contributed by atoms with E-state index in [2.05, 4.69) is 24.4 Å². The number of Topliss-reactive ketones (excluding diaryl/α,β-unsaturated/α-hetero) is 2. The Labute approximate surface area is 382 Å². The Morgan fingerprint density at radius 1 is 0.969 bits per heavy atom. The maximum Gasteiger partial charge on any atom is 0.329 e. The number of cyclic esters (lactones) is 1. The third-order valence-corrected chi connectivity index (χ3v) is 14.2. The first kappa shape index (κ1) is 51.5. The van der Waals surface area contributed by atoms with Gasteiger partial charge < -0.3 is 44.1 Å². The van der Waals surface area contributed by atoms with E-state index in [0.717, 1.165) is 29.7 Å². The molecular weight excluding hydrogens is 817 g/mol. The van der Waals surface area contributed by atoms with Crippen molar-refractivity contribution in [3.05, 3.63) is 53.6 Å². The average Bonchev–Trinajstić information content (AvgIpc) is 3.28. The molecule has 64 heavy (non-hydrogen) atoms. The Balaban J connectivity index is 1.48. The van der Waals surface area contributed by atoms with Crippen LogP contribution in [0.3, 0.4) is 0 Å². The molecular formula is C51H78N2O11. The lowest BCUT2D eigenvalue weighted by Crippen LogP contribution is -2.64. The lowest BCUT2D eigenvalue weighted by molar-refractivity contribution is -0.302. The largest absolute Gasteiger partial charge is 0.489 e. The van der Waals surface area contributed by atoms with Crippen LogP contribution in [-0.2, 0) is 38.1 Å². The zero-order chi connectivity index (χ0) is 46.7. The second-order valence-electron chi connectivity index (χ2n) is 19.5. The number of fused-ring (bicyclic) bond motifs is 3. The van der Waals surface area contributed by atoms with Crippen LogP contribution < -0.4 is 10.1 Å². The first-order chi connectivity index (χ1) is 30.5. The monoisotopic (exact) mass is 895 g/mol. The summed E-state index contributed by atoms with van der Waals surface area (Å²) in [5.74, 6) is -5.49. The molecule has 14 atom stereocenters. The van der Waals surface area contributed by atoms with E-state index in [1.165, 1.54) is 4.90 Å². The van der Waals surface area contributed by atoms with Crippen LogP contribution in [-0.4, -0.2) is 120 Å². The normalized spacial score (nSPS) is 37.1. The number of benzene rings is 1. The summed E-state index contributed by atoms with van der Waals surface area (Å²) in [4.78, 5) is 58.5. The van der Waals surface area contributed by atoms with Crippen LogP contribution in [0.5, 0.6) is 5.75 Å². The standard InChI is InChI=1S/C51H78N2O11/c1-10-38-25-31(2)24-32(3)26-44(60-8)47-45(61-9)28-35(6)51(59,64-47)48(56)49(57)53-23-15-14-18-41(53)50(58)63-46(33(4)19-22-42(38)55)34(5)27-37-20-21-40(52-30-36(7)54)43(29-37)62-39-16-12-11-13-17-39/h11-13,16-17,25,27,32-33,35-38,40-41,43-47,52,54,59H,10,14-15,18-24,26,28-30H2,1-9H3/b31-25+,34-27?/t32?,33?,35?,36-,37?,38?,40?,41?,43?,44?,45?,46?,47?,51?/m0/s1. The number of ether oxygens (including phenoxy) is 5. The maximum absolute atomic E-state index is 14.5. The van der Waals surface area contributed by atoms with Gasteiger partial charge in [0.2, 0.25) is 5.79 Å². The van der Waals surface area contributed by atoms with Gasteiger partial charge in [0.15, 0.2) is 0 Å². The second kappa shape index (κ2) is 23.8. The molecule has 1 aliphatic carbocycles. The van der Waals surface area contributed by atoms with Crippen LogP contribution >= 0.6 is 0 Å². The van der Waals surface area contributed by atoms with Gasteiger partial charge in [0, 0.05) is 51.6 Å². The van der Waals surface area contributed by atoms with Gasteiger partial charge in [-0.05, 0) is 127 Å². The molecule has 2 bridgehead atoms. The highest BCUT2D eigenvalue weighted by molar-refractivity contribution is 6.39. The molecule has 1 saturated carbocycles. The van der Waals surface area contributed by atoms with Gasteiger partial charge in [0.05, 0.1) is 18.3 Å². The van der Waals surface area contributed by atoms with Gasteiger partial charge in [-0.1, -0.05) is 63.6 Å². The average molecular weight is 895 g/mol. The number of para-hydroxylation sites is 1. The predicted molar refractivity (Wildman–Crippen MR) is 244 cm³/mol. The van der Waals surface area contributed by atoms with E-state index in [4.69, 9.17) is 23.7 Å². The number of aliphatic hydroxyl groups excluding tert-OH is 1. The Hall–Kier alpha value is -3.46. The summed E-state index contributed by atoms with van der Waals surface area (Å²) in [6.07, 6.45) is 7.58. The van der Waals surface area contributed by atoms with E-state index >= 15 is 0 Å². The number of hydrogen-bond donors (Lipinski definition) is 3. The number of piperidine rings is 1. The molecule has 1 aromatic rings. The minimum Gasteiger partial charge on any atom is -0.489 e. The molecule has 0 aromatic heterocycles. The molecule has 1 aromatic carbocycles. The highest BCUT2D eigenvalue weighted by Gasteiger charge is 2.56. The Kier molecular flexibility index (Phi) is 19.2.